The van der Waals surface area contributed by atoms with Crippen LogP contribution in [0.25, 0.3) is 0 Å². The molecule has 0 heterocycles. The molecule has 0 saturated carbocycles. The Kier molecular flexibility index (Phi) is 4.20. The number of carbonyl (C=O) groups excluding carboxylic acids is 1. The number of carbonyl (C=O) groups is 1. The molecule has 0 atom stereocenters. The molecule has 0 fully saturated rings. The van der Waals surface area contributed by atoms with E-state index < -0.39 is 0 Å². The molecule has 0 saturated heterocycles. The molecule has 0 aromatic heterocycles. The van der Waals surface area contributed by atoms with E-state index in [1.807, 2.05) is 0 Å². The Morgan fingerprint density at radius 3 is 2.71 bits per heavy atom. The van der Waals surface area contributed by atoms with Gasteiger partial charge in [-0.05, 0) is 12.1 Å². The van der Waals surface area contributed by atoms with Crippen LogP contribution in [0.1, 0.15) is 10.4 Å². The fourth-order valence-electron chi connectivity index (χ4n) is 0.968. The van der Waals surface area contributed by atoms with Gasteiger partial charge < -0.3 is 9.84 Å². The van der Waals surface area contributed by atoms with Crippen molar-refractivity contribution in [2.24, 2.45) is 0 Å². The number of halogens is 2. The van der Waals surface area contributed by atoms with E-state index in [1.165, 1.54) is 12.1 Å². The predicted octanol–water partition coefficient (Wildman–Crippen LogP) is 2.18. The molecule has 1 aromatic carbocycles. The van der Waals surface area contributed by atoms with Gasteiger partial charge in [-0.15, -0.1) is 0 Å². The Labute approximate surface area is 91.2 Å². The van der Waals surface area contributed by atoms with Crippen molar-refractivity contribution in [1.82, 2.24) is 0 Å². The maximum absolute atomic E-state index is 10.6. The van der Waals surface area contributed by atoms with Gasteiger partial charge in [-0.2, -0.15) is 0 Å². The van der Waals surface area contributed by atoms with Gasteiger partial charge >= 0.3 is 0 Å². The summed E-state index contributed by atoms with van der Waals surface area (Å²) in [7, 11) is 0. The van der Waals surface area contributed by atoms with Crippen LogP contribution in [0, 0.1) is 0 Å². The maximum Gasteiger partial charge on any atom is 0.153 e. The molecule has 1 N–H and O–H groups in total. The molecule has 0 unspecified atom stereocenters. The third-order valence-electron chi connectivity index (χ3n) is 1.50. The van der Waals surface area contributed by atoms with E-state index in [-0.39, 0.29) is 29.5 Å². The molecule has 1 rings (SSSR count). The monoisotopic (exact) mass is 234 g/mol. The van der Waals surface area contributed by atoms with Crippen molar-refractivity contribution in [3.8, 4) is 5.75 Å². The molecule has 0 aliphatic heterocycles. The second kappa shape index (κ2) is 5.20. The maximum atomic E-state index is 10.6. The van der Waals surface area contributed by atoms with E-state index in [0.717, 1.165) is 0 Å². The standard InChI is InChI=1S/C9H8Cl2O3/c10-7-3-6(5-13)9(8(11)4-7)14-2-1-12/h3-5,12H,1-2H2. The summed E-state index contributed by atoms with van der Waals surface area (Å²) >= 11 is 11.5. The minimum absolute atomic E-state index is 0.0855. The Balaban J connectivity index is 3.05. The first-order valence-electron chi connectivity index (χ1n) is 3.87. The lowest BCUT2D eigenvalue weighted by atomic mass is 10.2. The van der Waals surface area contributed by atoms with Crippen molar-refractivity contribution in [2.45, 2.75) is 0 Å². The highest BCUT2D eigenvalue weighted by atomic mass is 35.5. The van der Waals surface area contributed by atoms with Crippen LogP contribution in [0.3, 0.4) is 0 Å². The Hall–Kier alpha value is -0.770. The number of aliphatic hydroxyl groups excluding tert-OH is 1. The largest absolute Gasteiger partial charge is 0.489 e. The van der Waals surface area contributed by atoms with Gasteiger partial charge in [-0.1, -0.05) is 23.2 Å². The highest BCUT2D eigenvalue weighted by molar-refractivity contribution is 6.36. The van der Waals surface area contributed by atoms with Crippen LogP contribution in [0.5, 0.6) is 5.75 Å². The highest BCUT2D eigenvalue weighted by Gasteiger charge is 2.09. The molecule has 0 aliphatic carbocycles. The summed E-state index contributed by atoms with van der Waals surface area (Å²) in [4.78, 5) is 10.6. The molecule has 1 aromatic rings. The van der Waals surface area contributed by atoms with Crippen molar-refractivity contribution >= 4 is 29.5 Å². The third-order valence-corrected chi connectivity index (χ3v) is 2.00. The number of benzene rings is 1. The molecule has 0 radical (unpaired) electrons. The van der Waals surface area contributed by atoms with E-state index in [0.29, 0.717) is 11.3 Å². The number of aliphatic hydroxyl groups is 1. The normalized spacial score (nSPS) is 9.93. The first-order chi connectivity index (χ1) is 6.69. The molecule has 0 spiro atoms. The molecule has 0 bridgehead atoms. The smallest absolute Gasteiger partial charge is 0.153 e. The van der Waals surface area contributed by atoms with Crippen molar-refractivity contribution in [2.75, 3.05) is 13.2 Å². The quantitative estimate of drug-likeness (QED) is 0.813. The first-order valence-corrected chi connectivity index (χ1v) is 4.62. The Morgan fingerprint density at radius 2 is 2.14 bits per heavy atom. The third kappa shape index (κ3) is 2.61. The predicted molar refractivity (Wildman–Crippen MR) is 54.4 cm³/mol. The lowest BCUT2D eigenvalue weighted by Gasteiger charge is -2.09. The summed E-state index contributed by atoms with van der Waals surface area (Å²) in [5.41, 5.74) is 0.274. The van der Waals surface area contributed by atoms with Gasteiger partial charge in [-0.3, -0.25) is 4.79 Å². The average molecular weight is 235 g/mol. The first kappa shape index (κ1) is 11.3. The van der Waals surface area contributed by atoms with Gasteiger partial charge in [0.25, 0.3) is 0 Å². The van der Waals surface area contributed by atoms with Crippen LogP contribution in [0.15, 0.2) is 12.1 Å². The molecular formula is C9H8Cl2O3. The summed E-state index contributed by atoms with van der Waals surface area (Å²) in [5, 5.41) is 9.18. The summed E-state index contributed by atoms with van der Waals surface area (Å²) in [6, 6.07) is 2.93. The van der Waals surface area contributed by atoms with Gasteiger partial charge in [0.05, 0.1) is 17.2 Å². The van der Waals surface area contributed by atoms with Crippen LogP contribution in [0.2, 0.25) is 10.0 Å². The van der Waals surface area contributed by atoms with E-state index in [4.69, 9.17) is 33.0 Å². The zero-order chi connectivity index (χ0) is 10.6. The fraction of sp³-hybridized carbons (Fsp3) is 0.222. The van der Waals surface area contributed by atoms with E-state index in [1.54, 1.807) is 0 Å². The van der Waals surface area contributed by atoms with Crippen molar-refractivity contribution < 1.29 is 14.6 Å². The van der Waals surface area contributed by atoms with Crippen molar-refractivity contribution in [3.05, 3.63) is 27.7 Å². The Morgan fingerprint density at radius 1 is 1.43 bits per heavy atom. The van der Waals surface area contributed by atoms with Gasteiger partial charge in [0.15, 0.2) is 6.29 Å². The number of ether oxygens (including phenoxy) is 1. The molecule has 0 aliphatic rings. The number of hydrogen-bond acceptors (Lipinski definition) is 3. The van der Waals surface area contributed by atoms with Crippen LogP contribution < -0.4 is 4.74 Å². The van der Waals surface area contributed by atoms with Crippen LogP contribution >= 0.6 is 23.2 Å². The molecular weight excluding hydrogens is 227 g/mol. The second-order valence-corrected chi connectivity index (χ2v) is 3.34. The zero-order valence-electron chi connectivity index (χ0n) is 7.17. The summed E-state index contributed by atoms with van der Waals surface area (Å²) in [6.45, 7) is -0.0561. The highest BCUT2D eigenvalue weighted by Crippen LogP contribution is 2.31. The van der Waals surface area contributed by atoms with E-state index >= 15 is 0 Å². The van der Waals surface area contributed by atoms with Gasteiger partial charge in [-0.25, -0.2) is 0 Å². The summed E-state index contributed by atoms with van der Waals surface area (Å²) < 4.78 is 5.09. The van der Waals surface area contributed by atoms with E-state index in [2.05, 4.69) is 0 Å². The SMILES string of the molecule is O=Cc1cc(Cl)cc(Cl)c1OCCO. The fourth-order valence-corrected chi connectivity index (χ4v) is 1.53. The molecule has 76 valence electrons. The molecule has 14 heavy (non-hydrogen) atoms. The summed E-state index contributed by atoms with van der Waals surface area (Å²) in [6.07, 6.45) is 0.602. The van der Waals surface area contributed by atoms with Crippen LogP contribution in [0.4, 0.5) is 0 Å². The van der Waals surface area contributed by atoms with Crippen LogP contribution in [-0.4, -0.2) is 24.6 Å². The summed E-state index contributed by atoms with van der Waals surface area (Å²) in [5.74, 6) is 0.250. The second-order valence-electron chi connectivity index (χ2n) is 2.50. The molecule has 0 amide bonds. The lowest BCUT2D eigenvalue weighted by molar-refractivity contribution is 0.111. The molecule has 3 nitrogen and oxygen atoms in total. The van der Waals surface area contributed by atoms with Crippen molar-refractivity contribution in [1.29, 1.82) is 0 Å². The lowest BCUT2D eigenvalue weighted by Crippen LogP contribution is -2.04. The van der Waals surface area contributed by atoms with E-state index in [9.17, 15) is 4.79 Å². The minimum Gasteiger partial charge on any atom is -0.489 e. The molecule has 5 heteroatoms. The van der Waals surface area contributed by atoms with Crippen LogP contribution in [-0.2, 0) is 0 Å². The average Bonchev–Trinajstić information content (AvgIpc) is 2.15. The van der Waals surface area contributed by atoms with Gasteiger partial charge in [0.1, 0.15) is 12.4 Å². The number of rotatable bonds is 4. The van der Waals surface area contributed by atoms with Crippen molar-refractivity contribution in [3.63, 3.8) is 0 Å². The van der Waals surface area contributed by atoms with Gasteiger partial charge in [0.2, 0.25) is 0 Å². The van der Waals surface area contributed by atoms with Gasteiger partial charge in [0, 0.05) is 5.02 Å². The number of hydrogen-bond donors (Lipinski definition) is 1. The number of aldehydes is 1. The minimum atomic E-state index is -0.142. The Bertz CT molecular complexity index is 339. The topological polar surface area (TPSA) is 46.5 Å². The zero-order valence-corrected chi connectivity index (χ0v) is 8.68.